The molecule has 3 amide bonds. The van der Waals surface area contributed by atoms with Crippen LogP contribution in [0, 0.1) is 0 Å². The Balaban J connectivity index is 2.17. The van der Waals surface area contributed by atoms with Crippen LogP contribution in [0.1, 0.15) is 24.0 Å². The van der Waals surface area contributed by atoms with Gasteiger partial charge in [0, 0.05) is 19.3 Å². The van der Waals surface area contributed by atoms with Gasteiger partial charge >= 0.3 is 5.97 Å². The molecule has 0 aromatic heterocycles. The van der Waals surface area contributed by atoms with Crippen LogP contribution in [0.4, 0.5) is 0 Å². The summed E-state index contributed by atoms with van der Waals surface area (Å²) in [5, 5.41) is 33.4. The van der Waals surface area contributed by atoms with E-state index in [2.05, 4.69) is 10.6 Å². The first-order valence-electron chi connectivity index (χ1n) is 10.5. The molecule has 11 heteroatoms. The minimum Gasteiger partial charge on any atom is -0.508 e. The number of aliphatic carboxylic acids is 1. The molecule has 0 aliphatic heterocycles. The van der Waals surface area contributed by atoms with E-state index in [-0.39, 0.29) is 37.2 Å². The van der Waals surface area contributed by atoms with E-state index >= 15 is 0 Å². The largest absolute Gasteiger partial charge is 0.508 e. The summed E-state index contributed by atoms with van der Waals surface area (Å²) in [5.41, 5.74) is 12.0. The third kappa shape index (κ3) is 8.43. The summed E-state index contributed by atoms with van der Waals surface area (Å²) in [7, 11) is 0. The number of phenolic OH excluding ortho intramolecular Hbond substituents is 2. The number of nitrogens with two attached hydrogens (primary N) is 2. The van der Waals surface area contributed by atoms with Gasteiger partial charge in [-0.2, -0.15) is 0 Å². The summed E-state index contributed by atoms with van der Waals surface area (Å²) in [6.45, 7) is 0. The first-order valence-corrected chi connectivity index (χ1v) is 10.5. The van der Waals surface area contributed by atoms with Crippen molar-refractivity contribution in [3.8, 4) is 11.5 Å². The lowest BCUT2D eigenvalue weighted by atomic mass is 10.0. The molecule has 9 N–H and O–H groups in total. The van der Waals surface area contributed by atoms with E-state index in [1.165, 1.54) is 36.4 Å². The Bertz CT molecular complexity index is 1010. The number of hydrogen-bond donors (Lipinski definition) is 7. The van der Waals surface area contributed by atoms with E-state index in [0.717, 1.165) is 0 Å². The van der Waals surface area contributed by atoms with Crippen LogP contribution < -0.4 is 22.1 Å². The number of aromatic hydroxyl groups is 2. The highest BCUT2D eigenvalue weighted by molar-refractivity contribution is 5.92. The van der Waals surface area contributed by atoms with Crippen LogP contribution in [0.3, 0.4) is 0 Å². The Labute approximate surface area is 195 Å². The van der Waals surface area contributed by atoms with Crippen molar-refractivity contribution in [1.29, 1.82) is 0 Å². The van der Waals surface area contributed by atoms with Gasteiger partial charge in [0.25, 0.3) is 0 Å². The average Bonchev–Trinajstić information content (AvgIpc) is 2.79. The zero-order chi connectivity index (χ0) is 25.3. The van der Waals surface area contributed by atoms with Crippen molar-refractivity contribution in [2.75, 3.05) is 0 Å². The molecule has 0 saturated carbocycles. The van der Waals surface area contributed by atoms with Crippen molar-refractivity contribution in [2.24, 2.45) is 11.5 Å². The van der Waals surface area contributed by atoms with E-state index < -0.39 is 41.8 Å². The van der Waals surface area contributed by atoms with Gasteiger partial charge in [-0.25, -0.2) is 4.79 Å². The summed E-state index contributed by atoms with van der Waals surface area (Å²) in [6.07, 6.45) is -0.199. The van der Waals surface area contributed by atoms with Crippen molar-refractivity contribution in [1.82, 2.24) is 10.6 Å². The number of carboxylic acids is 1. The first-order chi connectivity index (χ1) is 16.0. The van der Waals surface area contributed by atoms with Gasteiger partial charge in [0.05, 0.1) is 6.04 Å². The van der Waals surface area contributed by atoms with Crippen LogP contribution in [-0.4, -0.2) is 57.1 Å². The molecule has 3 unspecified atom stereocenters. The molecule has 11 nitrogen and oxygen atoms in total. The fraction of sp³-hybridized carbons (Fsp3) is 0.304. The maximum absolute atomic E-state index is 13.0. The molecule has 0 heterocycles. The number of primary amides is 1. The van der Waals surface area contributed by atoms with Crippen molar-refractivity contribution >= 4 is 23.7 Å². The minimum atomic E-state index is -1.31. The van der Waals surface area contributed by atoms with E-state index in [1.807, 2.05) is 0 Å². The van der Waals surface area contributed by atoms with E-state index in [9.17, 15) is 34.5 Å². The Kier molecular flexibility index (Phi) is 9.38. The van der Waals surface area contributed by atoms with Crippen LogP contribution in [0.15, 0.2) is 48.5 Å². The number of hydrogen-bond acceptors (Lipinski definition) is 7. The molecule has 2 rings (SSSR count). The van der Waals surface area contributed by atoms with Crippen LogP contribution in [0.2, 0.25) is 0 Å². The second kappa shape index (κ2) is 12.2. The lowest BCUT2D eigenvalue weighted by Gasteiger charge is -2.23. The number of nitrogens with one attached hydrogen (secondary N) is 2. The van der Waals surface area contributed by atoms with Gasteiger partial charge in [-0.3, -0.25) is 14.4 Å². The van der Waals surface area contributed by atoms with Gasteiger partial charge in [0.2, 0.25) is 17.7 Å². The highest BCUT2D eigenvalue weighted by Gasteiger charge is 2.28. The molecule has 2 aromatic carbocycles. The van der Waals surface area contributed by atoms with Crippen molar-refractivity contribution in [3.05, 3.63) is 59.7 Å². The fourth-order valence-electron chi connectivity index (χ4n) is 3.12. The van der Waals surface area contributed by atoms with Crippen LogP contribution in [0.25, 0.3) is 0 Å². The summed E-state index contributed by atoms with van der Waals surface area (Å²) in [4.78, 5) is 48.2. The summed E-state index contributed by atoms with van der Waals surface area (Å²) < 4.78 is 0. The Morgan fingerprint density at radius 3 is 1.65 bits per heavy atom. The van der Waals surface area contributed by atoms with Gasteiger partial charge in [-0.15, -0.1) is 0 Å². The van der Waals surface area contributed by atoms with Crippen LogP contribution >= 0.6 is 0 Å². The normalized spacial score (nSPS) is 13.3. The third-order valence-electron chi connectivity index (χ3n) is 5.04. The Morgan fingerprint density at radius 2 is 1.21 bits per heavy atom. The van der Waals surface area contributed by atoms with Crippen LogP contribution in [-0.2, 0) is 32.0 Å². The predicted octanol–water partition coefficient (Wildman–Crippen LogP) is -0.470. The van der Waals surface area contributed by atoms with E-state index in [4.69, 9.17) is 11.5 Å². The quantitative estimate of drug-likeness (QED) is 0.214. The molecule has 0 saturated heterocycles. The lowest BCUT2D eigenvalue weighted by Crippen LogP contribution is -2.55. The van der Waals surface area contributed by atoms with E-state index in [1.54, 1.807) is 12.1 Å². The van der Waals surface area contributed by atoms with Gasteiger partial charge < -0.3 is 37.4 Å². The number of carbonyl (C=O) groups is 4. The molecule has 182 valence electrons. The molecule has 0 fully saturated rings. The van der Waals surface area contributed by atoms with Crippen molar-refractivity contribution in [2.45, 2.75) is 43.8 Å². The monoisotopic (exact) mass is 472 g/mol. The first kappa shape index (κ1) is 26.1. The van der Waals surface area contributed by atoms with Crippen molar-refractivity contribution in [3.63, 3.8) is 0 Å². The van der Waals surface area contributed by atoms with Crippen molar-refractivity contribution < 1.29 is 34.5 Å². The molecule has 0 spiro atoms. The molecule has 0 radical (unpaired) electrons. The SMILES string of the molecule is NC(=O)CCC(N)C(=O)NC(Cc1ccc(O)cc1)C(=O)NC(Cc1ccc(O)cc1)C(=O)O. The zero-order valence-electron chi connectivity index (χ0n) is 18.3. The number of carbonyl (C=O) groups excluding carboxylic acids is 3. The number of benzene rings is 2. The molecule has 0 aliphatic rings. The minimum absolute atomic E-state index is 0.00799. The predicted molar refractivity (Wildman–Crippen MR) is 122 cm³/mol. The second-order valence-corrected chi connectivity index (χ2v) is 7.81. The van der Waals surface area contributed by atoms with Gasteiger partial charge in [-0.05, 0) is 41.8 Å². The molecule has 2 aromatic rings. The summed E-state index contributed by atoms with van der Waals surface area (Å²) in [6, 6.07) is 8.21. The summed E-state index contributed by atoms with van der Waals surface area (Å²) >= 11 is 0. The molecular formula is C23H28N4O7. The fourth-order valence-corrected chi connectivity index (χ4v) is 3.12. The van der Waals surface area contributed by atoms with Gasteiger partial charge in [0.1, 0.15) is 23.6 Å². The summed E-state index contributed by atoms with van der Waals surface area (Å²) in [5.74, 6) is -3.33. The van der Waals surface area contributed by atoms with E-state index in [0.29, 0.717) is 11.1 Å². The Morgan fingerprint density at radius 1 is 0.765 bits per heavy atom. The van der Waals surface area contributed by atoms with Crippen LogP contribution in [0.5, 0.6) is 11.5 Å². The van der Waals surface area contributed by atoms with Gasteiger partial charge in [0.15, 0.2) is 0 Å². The lowest BCUT2D eigenvalue weighted by molar-refractivity contribution is -0.142. The second-order valence-electron chi connectivity index (χ2n) is 7.81. The molecule has 0 bridgehead atoms. The molecule has 3 atom stereocenters. The molecule has 34 heavy (non-hydrogen) atoms. The number of phenols is 2. The maximum atomic E-state index is 13.0. The smallest absolute Gasteiger partial charge is 0.326 e. The highest BCUT2D eigenvalue weighted by Crippen LogP contribution is 2.14. The topological polar surface area (TPSA) is 205 Å². The molecule has 0 aliphatic carbocycles. The molecular weight excluding hydrogens is 444 g/mol. The standard InChI is InChI=1S/C23H28N4O7/c24-17(9-10-20(25)30)21(31)26-18(11-13-1-5-15(28)6-2-13)22(32)27-19(23(33)34)12-14-3-7-16(29)8-4-14/h1-8,17-19,28-29H,9-12,24H2,(H2,25,30)(H,26,31)(H,27,32)(H,33,34). The van der Waals surface area contributed by atoms with Gasteiger partial charge in [-0.1, -0.05) is 24.3 Å². The number of amides is 3. The Hall–Kier alpha value is -4.12. The zero-order valence-corrected chi connectivity index (χ0v) is 18.3. The average molecular weight is 472 g/mol. The highest BCUT2D eigenvalue weighted by atomic mass is 16.4. The third-order valence-corrected chi connectivity index (χ3v) is 5.04. The number of carboxylic acid groups (broad SMARTS) is 1. The maximum Gasteiger partial charge on any atom is 0.326 e. The number of rotatable bonds is 12.